The Morgan fingerprint density at radius 1 is 1.29 bits per heavy atom. The third-order valence-electron chi connectivity index (χ3n) is 2.59. The van der Waals surface area contributed by atoms with E-state index in [2.05, 4.69) is 38.7 Å². The molecule has 0 aliphatic heterocycles. The van der Waals surface area contributed by atoms with Gasteiger partial charge in [-0.25, -0.2) is 0 Å². The molecule has 14 heavy (non-hydrogen) atoms. The van der Waals surface area contributed by atoms with E-state index in [0.717, 1.165) is 0 Å². The quantitative estimate of drug-likeness (QED) is 0.608. The van der Waals surface area contributed by atoms with Crippen LogP contribution in [0.25, 0.3) is 0 Å². The molecule has 0 aromatic rings. The van der Waals surface area contributed by atoms with Crippen molar-refractivity contribution in [3.63, 3.8) is 0 Å². The monoisotopic (exact) mass is 195 g/mol. The molecule has 0 amide bonds. The van der Waals surface area contributed by atoms with Crippen LogP contribution in [0.2, 0.25) is 0 Å². The fraction of sp³-hybridized carbons (Fsp3) is 0.692. The Morgan fingerprint density at radius 2 is 1.79 bits per heavy atom. The Bertz CT molecular complexity index is 185. The number of allylic oxidation sites excluding steroid dienone is 3. The largest absolute Gasteiger partial charge is 0.392 e. The van der Waals surface area contributed by atoms with Crippen molar-refractivity contribution < 1.29 is 0 Å². The molecule has 82 valence electrons. The summed E-state index contributed by atoms with van der Waals surface area (Å²) in [5, 5.41) is 3.14. The summed E-state index contributed by atoms with van der Waals surface area (Å²) in [4.78, 5) is 0. The average Bonchev–Trinajstić information content (AvgIpc) is 2.17. The number of hydrogen-bond acceptors (Lipinski definition) is 1. The highest BCUT2D eigenvalue weighted by atomic mass is 14.8. The van der Waals surface area contributed by atoms with Crippen LogP contribution in [-0.2, 0) is 0 Å². The third-order valence-corrected chi connectivity index (χ3v) is 2.59. The van der Waals surface area contributed by atoms with E-state index >= 15 is 0 Å². The van der Waals surface area contributed by atoms with E-state index in [0.29, 0.717) is 5.92 Å². The topological polar surface area (TPSA) is 12.0 Å². The molecule has 0 fully saturated rings. The second kappa shape index (κ2) is 7.66. The molecule has 0 heterocycles. The van der Waals surface area contributed by atoms with Gasteiger partial charge in [-0.15, -0.1) is 0 Å². The van der Waals surface area contributed by atoms with Gasteiger partial charge in [-0.1, -0.05) is 38.8 Å². The van der Waals surface area contributed by atoms with Crippen molar-refractivity contribution in [1.29, 1.82) is 0 Å². The van der Waals surface area contributed by atoms with Gasteiger partial charge in [0.25, 0.3) is 0 Å². The fourth-order valence-electron chi connectivity index (χ4n) is 1.68. The zero-order valence-corrected chi connectivity index (χ0v) is 10.2. The van der Waals surface area contributed by atoms with E-state index < -0.39 is 0 Å². The molecule has 0 saturated carbocycles. The van der Waals surface area contributed by atoms with E-state index in [-0.39, 0.29) is 0 Å². The van der Waals surface area contributed by atoms with Gasteiger partial charge in [0.2, 0.25) is 0 Å². The minimum absolute atomic E-state index is 0.674. The highest BCUT2D eigenvalue weighted by Gasteiger charge is 2.08. The molecule has 0 atom stereocenters. The summed E-state index contributed by atoms with van der Waals surface area (Å²) in [7, 11) is 1.95. The van der Waals surface area contributed by atoms with Crippen LogP contribution in [0.4, 0.5) is 0 Å². The van der Waals surface area contributed by atoms with Crippen LogP contribution in [0.3, 0.4) is 0 Å². The molecule has 0 aliphatic rings. The molecule has 0 rings (SSSR count). The van der Waals surface area contributed by atoms with Crippen LogP contribution in [0, 0.1) is 5.92 Å². The maximum Gasteiger partial charge on any atom is 0.00750 e. The van der Waals surface area contributed by atoms with Crippen LogP contribution in [0.5, 0.6) is 0 Å². The van der Waals surface area contributed by atoms with Gasteiger partial charge in [-0.05, 0) is 31.8 Å². The summed E-state index contributed by atoms with van der Waals surface area (Å²) in [6, 6.07) is 0. The molecule has 0 aromatic carbocycles. The van der Waals surface area contributed by atoms with Crippen molar-refractivity contribution in [1.82, 2.24) is 5.32 Å². The van der Waals surface area contributed by atoms with Gasteiger partial charge < -0.3 is 5.32 Å². The standard InChI is InChI=1S/C13H25N/c1-6-8-13(9-7-2)11(3)10-12(4)14-5/h10,13-14H,3,6-9H2,1-2,4-5H3/b12-10-. The number of hydrogen-bond donors (Lipinski definition) is 1. The molecule has 0 saturated heterocycles. The van der Waals surface area contributed by atoms with Gasteiger partial charge in [-0.2, -0.15) is 0 Å². The minimum Gasteiger partial charge on any atom is -0.392 e. The SMILES string of the molecule is C=C(/C=C(/C)NC)C(CCC)CCC. The molecule has 0 aromatic heterocycles. The summed E-state index contributed by atoms with van der Waals surface area (Å²) >= 11 is 0. The number of rotatable bonds is 7. The van der Waals surface area contributed by atoms with Crippen molar-refractivity contribution in [2.45, 2.75) is 46.5 Å². The molecule has 1 heteroatoms. The third kappa shape index (κ3) is 5.11. The molecule has 0 aliphatic carbocycles. The van der Waals surface area contributed by atoms with Gasteiger partial charge >= 0.3 is 0 Å². The summed E-state index contributed by atoms with van der Waals surface area (Å²) in [5.41, 5.74) is 2.48. The zero-order chi connectivity index (χ0) is 11.0. The number of nitrogens with one attached hydrogen (secondary N) is 1. The normalized spacial score (nSPS) is 11.9. The molecule has 0 unspecified atom stereocenters. The summed E-state index contributed by atoms with van der Waals surface area (Å²) < 4.78 is 0. The second-order valence-corrected chi connectivity index (χ2v) is 3.93. The van der Waals surface area contributed by atoms with Crippen molar-refractivity contribution in [2.24, 2.45) is 5.92 Å². The molecule has 1 N–H and O–H groups in total. The van der Waals surface area contributed by atoms with E-state index in [4.69, 9.17) is 0 Å². The van der Waals surface area contributed by atoms with Gasteiger partial charge in [0, 0.05) is 12.7 Å². The first-order valence-electron chi connectivity index (χ1n) is 5.70. The van der Waals surface area contributed by atoms with E-state index in [9.17, 15) is 0 Å². The molecule has 1 nitrogen and oxygen atoms in total. The summed E-state index contributed by atoms with van der Waals surface area (Å²) in [5.74, 6) is 0.674. The first-order chi connectivity index (χ1) is 6.65. The lowest BCUT2D eigenvalue weighted by Gasteiger charge is -2.16. The molecular formula is C13H25N. The Morgan fingerprint density at radius 3 is 2.14 bits per heavy atom. The zero-order valence-electron chi connectivity index (χ0n) is 10.2. The summed E-state index contributed by atoms with van der Waals surface area (Å²) in [6.45, 7) is 10.7. The van der Waals surface area contributed by atoms with Crippen LogP contribution in [-0.4, -0.2) is 7.05 Å². The fourth-order valence-corrected chi connectivity index (χ4v) is 1.68. The molecule has 0 spiro atoms. The molecule has 0 bridgehead atoms. The van der Waals surface area contributed by atoms with Crippen LogP contribution in [0.15, 0.2) is 23.9 Å². The lowest BCUT2D eigenvalue weighted by molar-refractivity contribution is 0.513. The maximum atomic E-state index is 4.16. The van der Waals surface area contributed by atoms with Gasteiger partial charge in [0.05, 0.1) is 0 Å². The van der Waals surface area contributed by atoms with Crippen molar-refractivity contribution in [2.75, 3.05) is 7.05 Å². The Hall–Kier alpha value is -0.720. The van der Waals surface area contributed by atoms with E-state index in [1.165, 1.54) is 37.0 Å². The molecular weight excluding hydrogens is 170 g/mol. The average molecular weight is 195 g/mol. The Kier molecular flexibility index (Phi) is 7.27. The van der Waals surface area contributed by atoms with Crippen LogP contribution >= 0.6 is 0 Å². The first kappa shape index (κ1) is 13.3. The summed E-state index contributed by atoms with van der Waals surface area (Å²) in [6.07, 6.45) is 7.20. The highest BCUT2D eigenvalue weighted by Crippen LogP contribution is 2.22. The van der Waals surface area contributed by atoms with Crippen LogP contribution < -0.4 is 5.32 Å². The maximum absolute atomic E-state index is 4.16. The Labute approximate surface area is 89.3 Å². The van der Waals surface area contributed by atoms with Gasteiger partial charge in [0.15, 0.2) is 0 Å². The van der Waals surface area contributed by atoms with Gasteiger partial charge in [0.1, 0.15) is 0 Å². The van der Waals surface area contributed by atoms with Crippen molar-refractivity contribution in [3.8, 4) is 0 Å². The van der Waals surface area contributed by atoms with Crippen LogP contribution in [0.1, 0.15) is 46.5 Å². The predicted octanol–water partition coefficient (Wildman–Crippen LogP) is 3.88. The highest BCUT2D eigenvalue weighted by molar-refractivity contribution is 5.21. The molecule has 0 radical (unpaired) electrons. The van der Waals surface area contributed by atoms with E-state index in [1.54, 1.807) is 0 Å². The predicted molar refractivity (Wildman–Crippen MR) is 65.3 cm³/mol. The lowest BCUT2D eigenvalue weighted by Crippen LogP contribution is -2.06. The minimum atomic E-state index is 0.674. The van der Waals surface area contributed by atoms with Crippen molar-refractivity contribution >= 4 is 0 Å². The van der Waals surface area contributed by atoms with E-state index in [1.807, 2.05) is 7.05 Å². The van der Waals surface area contributed by atoms with Crippen molar-refractivity contribution in [3.05, 3.63) is 23.9 Å². The van der Waals surface area contributed by atoms with Gasteiger partial charge in [-0.3, -0.25) is 0 Å². The second-order valence-electron chi connectivity index (χ2n) is 3.93. The Balaban J connectivity index is 4.27. The first-order valence-corrected chi connectivity index (χ1v) is 5.70. The smallest absolute Gasteiger partial charge is 0.00750 e. The lowest BCUT2D eigenvalue weighted by atomic mass is 9.90.